The summed E-state index contributed by atoms with van der Waals surface area (Å²) < 4.78 is 30.1. The fourth-order valence-electron chi connectivity index (χ4n) is 2.34. The first-order valence-electron chi connectivity index (χ1n) is 8.20. The minimum absolute atomic E-state index is 0. The summed E-state index contributed by atoms with van der Waals surface area (Å²) in [5, 5.41) is -1.11. The van der Waals surface area contributed by atoms with Crippen LogP contribution in [0.2, 0.25) is 0 Å². The average Bonchev–Trinajstić information content (AvgIpc) is 2.38. The molecule has 0 bridgehead atoms. The molecule has 0 aromatic carbocycles. The van der Waals surface area contributed by atoms with Crippen LogP contribution in [0.5, 0.6) is 0 Å². The van der Waals surface area contributed by atoms with E-state index >= 15 is 0 Å². The summed E-state index contributed by atoms with van der Waals surface area (Å²) in [6.07, 6.45) is 15.2. The number of nitrogens with two attached hydrogens (primary N) is 1. The minimum atomic E-state index is -4.04. The maximum atomic E-state index is 10.7. The number of unbranched alkanes of at least 4 members (excludes halogenated alkanes) is 11. The van der Waals surface area contributed by atoms with Gasteiger partial charge in [0.05, 0.1) is 0 Å². The zero-order valence-electron chi connectivity index (χ0n) is 13.0. The van der Waals surface area contributed by atoms with Crippen molar-refractivity contribution in [3.05, 3.63) is 0 Å². The van der Waals surface area contributed by atoms with Crippen molar-refractivity contribution >= 4 is 39.7 Å². The van der Waals surface area contributed by atoms with E-state index in [0.717, 1.165) is 19.3 Å². The van der Waals surface area contributed by atoms with Gasteiger partial charge in [-0.3, -0.25) is 4.55 Å². The molecule has 124 valence electrons. The maximum absolute atomic E-state index is 10.7. The van der Waals surface area contributed by atoms with Crippen molar-refractivity contribution in [3.8, 4) is 0 Å². The van der Waals surface area contributed by atoms with Gasteiger partial charge in [0.2, 0.25) is 0 Å². The van der Waals surface area contributed by atoms with Crippen LogP contribution in [-0.2, 0) is 10.1 Å². The van der Waals surface area contributed by atoms with Crippen molar-refractivity contribution in [3.63, 3.8) is 0 Å². The van der Waals surface area contributed by atoms with E-state index in [-0.39, 0.29) is 29.6 Å². The van der Waals surface area contributed by atoms with Crippen molar-refractivity contribution in [1.29, 1.82) is 0 Å². The van der Waals surface area contributed by atoms with E-state index in [1.807, 2.05) is 0 Å². The molecule has 0 aromatic rings. The number of rotatable bonds is 14. The Morgan fingerprint density at radius 1 is 0.810 bits per heavy atom. The molecule has 0 saturated carbocycles. The van der Waals surface area contributed by atoms with E-state index in [0.29, 0.717) is 6.42 Å². The van der Waals surface area contributed by atoms with Gasteiger partial charge in [-0.15, -0.1) is 0 Å². The molecular formula is C15H34NNaO3S. The van der Waals surface area contributed by atoms with Gasteiger partial charge in [0, 0.05) is 0 Å². The predicted octanol–water partition coefficient (Wildman–Crippen LogP) is 3.60. The zero-order chi connectivity index (χ0) is 15.3. The second-order valence-corrected chi connectivity index (χ2v) is 7.37. The summed E-state index contributed by atoms with van der Waals surface area (Å²) in [6.45, 7) is 2.24. The van der Waals surface area contributed by atoms with E-state index < -0.39 is 15.5 Å². The number of hydrogen-bond acceptors (Lipinski definition) is 3. The van der Waals surface area contributed by atoms with Gasteiger partial charge in [-0.05, 0) is 6.42 Å². The van der Waals surface area contributed by atoms with E-state index in [1.54, 1.807) is 0 Å². The molecule has 1 unspecified atom stereocenters. The molecule has 21 heavy (non-hydrogen) atoms. The predicted molar refractivity (Wildman–Crippen MR) is 92.4 cm³/mol. The van der Waals surface area contributed by atoms with E-state index in [1.165, 1.54) is 57.8 Å². The van der Waals surface area contributed by atoms with Crippen LogP contribution >= 0.6 is 0 Å². The fourth-order valence-corrected chi connectivity index (χ4v) is 2.80. The third-order valence-corrected chi connectivity index (χ3v) is 4.73. The molecule has 0 radical (unpaired) electrons. The summed E-state index contributed by atoms with van der Waals surface area (Å²) >= 11 is 0. The molecule has 0 rings (SSSR count). The topological polar surface area (TPSA) is 80.4 Å². The normalized spacial score (nSPS) is 12.9. The van der Waals surface area contributed by atoms with Gasteiger partial charge in [0.1, 0.15) is 5.37 Å². The van der Waals surface area contributed by atoms with E-state index in [9.17, 15) is 8.42 Å². The number of hydrogen-bond donors (Lipinski definition) is 2. The van der Waals surface area contributed by atoms with Crippen molar-refractivity contribution in [2.24, 2.45) is 5.73 Å². The van der Waals surface area contributed by atoms with Crippen LogP contribution in [0.4, 0.5) is 0 Å². The Bertz CT molecular complexity index is 310. The second-order valence-electron chi connectivity index (χ2n) is 5.73. The average molecular weight is 331 g/mol. The standard InChI is InChI=1S/C15H33NO3S.Na.H/c1-2-3-4-5-6-7-8-9-10-11-12-13-14-15(16)20(17,18)19;;/h15H,2-14,16H2,1H3,(H,17,18,19);;. The first kappa shape index (κ1) is 24.1. The van der Waals surface area contributed by atoms with Crippen LogP contribution in [0.15, 0.2) is 0 Å². The molecule has 0 spiro atoms. The molecule has 1 atom stereocenters. The van der Waals surface area contributed by atoms with Crippen molar-refractivity contribution in [2.75, 3.05) is 0 Å². The van der Waals surface area contributed by atoms with Crippen LogP contribution in [-0.4, -0.2) is 47.9 Å². The van der Waals surface area contributed by atoms with Crippen LogP contribution in [0.3, 0.4) is 0 Å². The monoisotopic (exact) mass is 331 g/mol. The van der Waals surface area contributed by atoms with Gasteiger partial charge < -0.3 is 5.73 Å². The van der Waals surface area contributed by atoms with Gasteiger partial charge in [-0.1, -0.05) is 84.0 Å². The quantitative estimate of drug-likeness (QED) is 0.289. The Labute approximate surface area is 153 Å². The van der Waals surface area contributed by atoms with Gasteiger partial charge in [-0.2, -0.15) is 8.42 Å². The summed E-state index contributed by atoms with van der Waals surface area (Å²) in [5.74, 6) is 0. The molecule has 0 fully saturated rings. The Morgan fingerprint density at radius 2 is 1.14 bits per heavy atom. The summed E-state index contributed by atoms with van der Waals surface area (Å²) in [6, 6.07) is 0. The molecular weight excluding hydrogens is 297 g/mol. The Morgan fingerprint density at radius 3 is 1.48 bits per heavy atom. The molecule has 3 N–H and O–H groups in total. The molecule has 6 heteroatoms. The van der Waals surface area contributed by atoms with Gasteiger partial charge in [-0.25, -0.2) is 0 Å². The summed E-state index contributed by atoms with van der Waals surface area (Å²) in [7, 11) is -4.04. The Kier molecular flexibility index (Phi) is 18.1. The van der Waals surface area contributed by atoms with Crippen LogP contribution in [0, 0.1) is 0 Å². The Hall–Kier alpha value is 0.870. The molecule has 0 aliphatic carbocycles. The first-order valence-corrected chi connectivity index (χ1v) is 9.70. The van der Waals surface area contributed by atoms with Crippen molar-refractivity contribution in [1.82, 2.24) is 0 Å². The Balaban J connectivity index is 0. The molecule has 0 amide bonds. The van der Waals surface area contributed by atoms with Gasteiger partial charge >= 0.3 is 29.6 Å². The summed E-state index contributed by atoms with van der Waals surface area (Å²) in [4.78, 5) is 0. The zero-order valence-corrected chi connectivity index (χ0v) is 13.8. The molecule has 4 nitrogen and oxygen atoms in total. The van der Waals surface area contributed by atoms with Crippen LogP contribution < -0.4 is 5.73 Å². The summed E-state index contributed by atoms with van der Waals surface area (Å²) in [5.41, 5.74) is 5.34. The molecule has 0 heterocycles. The first-order chi connectivity index (χ1) is 9.48. The SMILES string of the molecule is CCCCCCCCCCCCCCC(N)S(=O)(=O)O.[NaH]. The molecule has 0 aromatic heterocycles. The van der Waals surface area contributed by atoms with Crippen LogP contribution in [0.25, 0.3) is 0 Å². The third-order valence-electron chi connectivity index (χ3n) is 3.72. The van der Waals surface area contributed by atoms with Crippen molar-refractivity contribution in [2.45, 2.75) is 95.8 Å². The molecule has 0 saturated heterocycles. The fraction of sp³-hybridized carbons (Fsp3) is 1.00. The van der Waals surface area contributed by atoms with Gasteiger partial charge in [0.25, 0.3) is 10.1 Å². The second kappa shape index (κ2) is 15.8. The van der Waals surface area contributed by atoms with E-state index in [4.69, 9.17) is 10.3 Å². The van der Waals surface area contributed by atoms with Crippen LogP contribution in [0.1, 0.15) is 90.4 Å². The molecule has 0 aliphatic rings. The van der Waals surface area contributed by atoms with Gasteiger partial charge in [0.15, 0.2) is 0 Å². The van der Waals surface area contributed by atoms with E-state index in [2.05, 4.69) is 6.92 Å². The molecule has 0 aliphatic heterocycles. The third kappa shape index (κ3) is 17.1. The van der Waals surface area contributed by atoms with Crippen molar-refractivity contribution < 1.29 is 13.0 Å².